The molecule has 0 unspecified atom stereocenters. The molecule has 0 spiro atoms. The van der Waals surface area contributed by atoms with Gasteiger partial charge in [-0.3, -0.25) is 13.9 Å². The number of hydrogen-bond donors (Lipinski definition) is 1. The van der Waals surface area contributed by atoms with Crippen molar-refractivity contribution in [2.24, 2.45) is 0 Å². The van der Waals surface area contributed by atoms with Crippen LogP contribution in [-0.4, -0.2) is 41.7 Å². The fraction of sp³-hybridized carbons (Fsp3) is 0.440. The average molecular weight is 565 g/mol. The minimum Gasteiger partial charge on any atom is -0.485 e. The lowest BCUT2D eigenvalue weighted by Crippen LogP contribution is -2.43. The molecule has 2 heterocycles. The van der Waals surface area contributed by atoms with Gasteiger partial charge in [0.2, 0.25) is 0 Å². The molecule has 2 aromatic carbocycles. The van der Waals surface area contributed by atoms with Crippen molar-refractivity contribution in [3.63, 3.8) is 0 Å². The number of alkyl halides is 8. The molecule has 6 nitrogen and oxygen atoms in total. The van der Waals surface area contributed by atoms with Gasteiger partial charge in [0, 0.05) is 6.04 Å². The van der Waals surface area contributed by atoms with Crippen LogP contribution in [-0.2, 0) is 18.9 Å². The van der Waals surface area contributed by atoms with E-state index in [2.05, 4.69) is 5.32 Å². The summed E-state index contributed by atoms with van der Waals surface area (Å²) in [4.78, 5) is 27.0. The molecule has 1 saturated heterocycles. The van der Waals surface area contributed by atoms with Gasteiger partial charge in [-0.1, -0.05) is 0 Å². The van der Waals surface area contributed by atoms with Crippen molar-refractivity contribution in [3.8, 4) is 5.75 Å². The van der Waals surface area contributed by atoms with E-state index in [0.717, 1.165) is 6.07 Å². The molecule has 1 N–H and O–H groups in total. The maximum atomic E-state index is 13.6. The van der Waals surface area contributed by atoms with E-state index < -0.39 is 72.3 Å². The van der Waals surface area contributed by atoms with Crippen molar-refractivity contribution in [3.05, 3.63) is 73.9 Å². The molecule has 1 aliphatic heterocycles. The van der Waals surface area contributed by atoms with Gasteiger partial charge in [-0.15, -0.1) is 0 Å². The molecule has 3 aromatic rings. The third-order valence-electron chi connectivity index (χ3n) is 6.45. The molecule has 0 radical (unpaired) electrons. The van der Waals surface area contributed by atoms with Gasteiger partial charge >= 0.3 is 18.0 Å². The highest BCUT2D eigenvalue weighted by Gasteiger charge is 2.37. The highest BCUT2D eigenvalue weighted by molar-refractivity contribution is 5.80. The Morgan fingerprint density at radius 2 is 1.49 bits per heavy atom. The van der Waals surface area contributed by atoms with Crippen molar-refractivity contribution in [1.82, 2.24) is 14.5 Å². The molecule has 39 heavy (non-hydrogen) atoms. The summed E-state index contributed by atoms with van der Waals surface area (Å²) in [5.74, 6) is -0.0969. The SMILES string of the molecule is O=c1c2cc(OC(CF)CF)ccc2n(C2CCNCC2)c(=O)n1Cc1cc(C(F)(F)F)cc(C(F)(F)F)c1. The van der Waals surface area contributed by atoms with Gasteiger partial charge in [-0.05, 0) is 67.9 Å². The number of nitrogens with one attached hydrogen (secondary N) is 1. The Hall–Kier alpha value is -3.42. The molecule has 0 amide bonds. The number of fused-ring (bicyclic) bond motifs is 1. The summed E-state index contributed by atoms with van der Waals surface area (Å²) >= 11 is 0. The Morgan fingerprint density at radius 1 is 0.897 bits per heavy atom. The third kappa shape index (κ3) is 6.10. The highest BCUT2D eigenvalue weighted by atomic mass is 19.4. The van der Waals surface area contributed by atoms with E-state index in [1.165, 1.54) is 16.7 Å². The number of halogens is 8. The smallest absolute Gasteiger partial charge is 0.416 e. The Morgan fingerprint density at radius 3 is 2.03 bits per heavy atom. The van der Waals surface area contributed by atoms with Crippen LogP contribution in [0.3, 0.4) is 0 Å². The Balaban J connectivity index is 1.92. The van der Waals surface area contributed by atoms with Crippen molar-refractivity contribution in [2.75, 3.05) is 26.4 Å². The second-order valence-electron chi connectivity index (χ2n) is 9.17. The monoisotopic (exact) mass is 565 g/mol. The summed E-state index contributed by atoms with van der Waals surface area (Å²) in [7, 11) is 0. The lowest BCUT2D eigenvalue weighted by molar-refractivity contribution is -0.143. The molecule has 4 rings (SSSR count). The molecule has 0 atom stereocenters. The zero-order valence-electron chi connectivity index (χ0n) is 20.2. The molecule has 0 saturated carbocycles. The lowest BCUT2D eigenvalue weighted by atomic mass is 10.0. The van der Waals surface area contributed by atoms with Crippen molar-refractivity contribution >= 4 is 10.9 Å². The number of aromatic nitrogens is 2. The van der Waals surface area contributed by atoms with Gasteiger partial charge < -0.3 is 10.1 Å². The summed E-state index contributed by atoms with van der Waals surface area (Å²) in [6.07, 6.45) is -10.8. The van der Waals surface area contributed by atoms with Crippen LogP contribution >= 0.6 is 0 Å². The van der Waals surface area contributed by atoms with Crippen LogP contribution in [0, 0.1) is 0 Å². The van der Waals surface area contributed by atoms with Crippen LogP contribution in [0.5, 0.6) is 5.75 Å². The number of hydrogen-bond acceptors (Lipinski definition) is 4. The predicted molar refractivity (Wildman–Crippen MR) is 126 cm³/mol. The Labute approximate surface area is 215 Å². The van der Waals surface area contributed by atoms with Gasteiger partial charge in [0.05, 0.1) is 28.6 Å². The first-order chi connectivity index (χ1) is 18.3. The third-order valence-corrected chi connectivity index (χ3v) is 6.45. The van der Waals surface area contributed by atoms with Gasteiger partial charge in [-0.25, -0.2) is 13.6 Å². The maximum Gasteiger partial charge on any atom is 0.416 e. The predicted octanol–water partition coefficient (Wildman–Crippen LogP) is 4.86. The standard InChI is InChI=1S/C25H23F8N3O3/c26-11-19(12-27)39-18-1-2-21-20(10-18)22(37)35(23(38)36(21)17-3-5-34-6-4-17)13-14-7-15(24(28,29)30)9-16(8-14)25(31,32)33/h1-2,7-10,17,19,34H,3-6,11-13H2. The molecular formula is C25H23F8N3O3. The second kappa shape index (κ2) is 11.0. The largest absolute Gasteiger partial charge is 0.485 e. The van der Waals surface area contributed by atoms with E-state index in [9.17, 15) is 44.7 Å². The molecule has 0 bridgehead atoms. The fourth-order valence-corrected chi connectivity index (χ4v) is 4.58. The minimum absolute atomic E-state index is 0.0459. The number of rotatable bonds is 7. The molecule has 14 heteroatoms. The normalized spacial score (nSPS) is 15.3. The van der Waals surface area contributed by atoms with Crippen LogP contribution in [0.4, 0.5) is 35.1 Å². The molecule has 1 aliphatic rings. The topological polar surface area (TPSA) is 65.3 Å². The van der Waals surface area contributed by atoms with Crippen LogP contribution in [0.2, 0.25) is 0 Å². The molecule has 0 aliphatic carbocycles. The van der Waals surface area contributed by atoms with Crippen molar-refractivity contribution < 1.29 is 39.9 Å². The van der Waals surface area contributed by atoms with Gasteiger partial charge in [0.15, 0.2) is 6.10 Å². The quantitative estimate of drug-likeness (QED) is 0.416. The molecular weight excluding hydrogens is 542 g/mol. The van der Waals surface area contributed by atoms with Crippen LogP contribution in [0.1, 0.15) is 35.6 Å². The van der Waals surface area contributed by atoms with E-state index in [1.807, 2.05) is 0 Å². The van der Waals surface area contributed by atoms with Gasteiger partial charge in [-0.2, -0.15) is 26.3 Å². The minimum atomic E-state index is -5.12. The van der Waals surface area contributed by atoms with Crippen molar-refractivity contribution in [1.29, 1.82) is 0 Å². The molecule has 212 valence electrons. The van der Waals surface area contributed by atoms with Crippen molar-refractivity contribution in [2.45, 2.75) is 43.9 Å². The highest BCUT2D eigenvalue weighted by Crippen LogP contribution is 2.36. The zero-order chi connectivity index (χ0) is 28.5. The molecule has 1 fully saturated rings. The number of benzene rings is 2. The first kappa shape index (κ1) is 28.6. The van der Waals surface area contributed by atoms with Gasteiger partial charge in [0.1, 0.15) is 19.1 Å². The van der Waals surface area contributed by atoms with E-state index in [1.54, 1.807) is 0 Å². The van der Waals surface area contributed by atoms with Crippen LogP contribution in [0.15, 0.2) is 46.0 Å². The first-order valence-electron chi connectivity index (χ1n) is 11.9. The van der Waals surface area contributed by atoms with E-state index in [4.69, 9.17) is 4.74 Å². The second-order valence-corrected chi connectivity index (χ2v) is 9.17. The summed E-state index contributed by atoms with van der Waals surface area (Å²) in [5.41, 5.74) is -5.50. The van der Waals surface area contributed by atoms with Crippen LogP contribution in [0.25, 0.3) is 10.9 Å². The Bertz CT molecular complexity index is 1420. The Kier molecular flexibility index (Phi) is 8.05. The average Bonchev–Trinajstić information content (AvgIpc) is 2.89. The first-order valence-corrected chi connectivity index (χ1v) is 11.9. The summed E-state index contributed by atoms with van der Waals surface area (Å²) < 4.78 is 113. The van der Waals surface area contributed by atoms with Crippen LogP contribution < -0.4 is 21.3 Å². The zero-order valence-corrected chi connectivity index (χ0v) is 20.2. The fourth-order valence-electron chi connectivity index (χ4n) is 4.58. The van der Waals surface area contributed by atoms with E-state index in [-0.39, 0.29) is 22.7 Å². The summed E-state index contributed by atoms with van der Waals surface area (Å²) in [5, 5.41) is 2.97. The van der Waals surface area contributed by atoms with Gasteiger partial charge in [0.25, 0.3) is 5.56 Å². The lowest BCUT2D eigenvalue weighted by Gasteiger charge is -2.27. The number of ether oxygens (including phenoxy) is 1. The molecule has 1 aromatic heterocycles. The van der Waals surface area contributed by atoms with E-state index in [0.29, 0.717) is 42.6 Å². The number of piperidine rings is 1. The maximum absolute atomic E-state index is 13.6. The number of nitrogens with zero attached hydrogens (tertiary/aromatic N) is 2. The van der Waals surface area contributed by atoms with E-state index >= 15 is 0 Å². The summed E-state index contributed by atoms with van der Waals surface area (Å²) in [6, 6.07) is 4.26. The summed E-state index contributed by atoms with van der Waals surface area (Å²) in [6.45, 7) is -2.16.